The van der Waals surface area contributed by atoms with Gasteiger partial charge in [-0.2, -0.15) is 0 Å². The minimum atomic E-state index is -0.149. The Morgan fingerprint density at radius 3 is 2.80 bits per heavy atom. The minimum absolute atomic E-state index is 0.149. The molecule has 0 aliphatic heterocycles. The van der Waals surface area contributed by atoms with E-state index in [4.69, 9.17) is 4.98 Å². The van der Waals surface area contributed by atoms with Crippen LogP contribution in [0.1, 0.15) is 60.2 Å². The maximum Gasteiger partial charge on any atom is 0.124 e. The zero-order valence-corrected chi connectivity index (χ0v) is 15.4. The molecule has 0 radical (unpaired) electrons. The first-order valence-electron chi connectivity index (χ1n) is 9.45. The highest BCUT2D eigenvalue weighted by Crippen LogP contribution is 2.46. The lowest BCUT2D eigenvalue weighted by molar-refractivity contribution is 0.577. The average molecular weight is 351 g/mol. The van der Waals surface area contributed by atoms with Crippen LogP contribution in [0, 0.1) is 5.82 Å². The van der Waals surface area contributed by atoms with Crippen molar-refractivity contribution >= 4 is 21.6 Å². The number of pyridine rings is 1. The van der Waals surface area contributed by atoms with Crippen LogP contribution in [0.3, 0.4) is 0 Å². The number of thiophene rings is 1. The van der Waals surface area contributed by atoms with E-state index in [-0.39, 0.29) is 5.82 Å². The molecule has 2 aliphatic carbocycles. The van der Waals surface area contributed by atoms with E-state index in [9.17, 15) is 4.39 Å². The summed E-state index contributed by atoms with van der Waals surface area (Å²) in [5.41, 5.74) is 6.45. The van der Waals surface area contributed by atoms with Gasteiger partial charge in [-0.3, -0.25) is 0 Å². The first kappa shape index (κ1) is 15.5. The van der Waals surface area contributed by atoms with E-state index in [1.165, 1.54) is 69.6 Å². The molecule has 128 valence electrons. The topological polar surface area (TPSA) is 12.9 Å². The van der Waals surface area contributed by atoms with Crippen LogP contribution < -0.4 is 0 Å². The number of nitrogens with zero attached hydrogens (tertiary/aromatic N) is 1. The van der Waals surface area contributed by atoms with Gasteiger partial charge in [0.25, 0.3) is 0 Å². The van der Waals surface area contributed by atoms with Crippen LogP contribution in [-0.4, -0.2) is 4.98 Å². The largest absolute Gasteiger partial charge is 0.241 e. The smallest absolute Gasteiger partial charge is 0.124 e. The normalized spacial score (nSPS) is 19.7. The molecule has 0 fully saturated rings. The van der Waals surface area contributed by atoms with Crippen molar-refractivity contribution in [3.63, 3.8) is 0 Å². The lowest BCUT2D eigenvalue weighted by atomic mass is 9.81. The van der Waals surface area contributed by atoms with E-state index in [0.717, 1.165) is 18.4 Å². The molecule has 1 nitrogen and oxygen atoms in total. The Kier molecular flexibility index (Phi) is 3.67. The molecule has 3 aromatic rings. The number of hydrogen-bond donors (Lipinski definition) is 0. The van der Waals surface area contributed by atoms with Crippen molar-refractivity contribution in [3.8, 4) is 11.1 Å². The van der Waals surface area contributed by atoms with Crippen LogP contribution in [0.2, 0.25) is 0 Å². The zero-order chi connectivity index (χ0) is 17.0. The highest BCUT2D eigenvalue weighted by molar-refractivity contribution is 7.19. The van der Waals surface area contributed by atoms with Crippen LogP contribution in [0.25, 0.3) is 21.3 Å². The van der Waals surface area contributed by atoms with Gasteiger partial charge in [0.15, 0.2) is 0 Å². The molecule has 0 saturated heterocycles. The Labute approximate surface area is 151 Å². The van der Waals surface area contributed by atoms with Gasteiger partial charge < -0.3 is 0 Å². The number of rotatable bonds is 1. The van der Waals surface area contributed by atoms with Gasteiger partial charge in [0.05, 0.1) is 0 Å². The van der Waals surface area contributed by atoms with Crippen molar-refractivity contribution in [2.75, 3.05) is 0 Å². The van der Waals surface area contributed by atoms with E-state index in [0.29, 0.717) is 5.92 Å². The Balaban J connectivity index is 1.90. The summed E-state index contributed by atoms with van der Waals surface area (Å²) < 4.78 is 14.0. The summed E-state index contributed by atoms with van der Waals surface area (Å²) in [5.74, 6) is 0.351. The SMILES string of the molecule is C[C@H]1CCCc2c1nc1sc3c(c1c2-c1cccc(F)c1)CCCC3. The molecule has 0 unspecified atom stereocenters. The third kappa shape index (κ3) is 2.43. The monoisotopic (exact) mass is 351 g/mol. The summed E-state index contributed by atoms with van der Waals surface area (Å²) in [7, 11) is 0. The number of aryl methyl sites for hydroxylation is 2. The van der Waals surface area contributed by atoms with E-state index >= 15 is 0 Å². The lowest BCUT2D eigenvalue weighted by Gasteiger charge is -2.25. The fourth-order valence-corrected chi connectivity index (χ4v) is 5.97. The van der Waals surface area contributed by atoms with Crippen LogP contribution >= 0.6 is 11.3 Å². The summed E-state index contributed by atoms with van der Waals surface area (Å²) in [6, 6.07) is 7.17. The molecule has 2 aromatic heterocycles. The highest BCUT2D eigenvalue weighted by atomic mass is 32.1. The Morgan fingerprint density at radius 1 is 1.08 bits per heavy atom. The molecule has 0 N–H and O–H groups in total. The summed E-state index contributed by atoms with van der Waals surface area (Å²) in [5, 5.41) is 1.33. The fraction of sp³-hybridized carbons (Fsp3) is 0.409. The van der Waals surface area contributed by atoms with Gasteiger partial charge in [0, 0.05) is 16.0 Å². The molecule has 5 rings (SSSR count). The number of benzene rings is 1. The van der Waals surface area contributed by atoms with Crippen molar-refractivity contribution in [2.45, 2.75) is 57.8 Å². The van der Waals surface area contributed by atoms with Gasteiger partial charge in [-0.15, -0.1) is 11.3 Å². The predicted molar refractivity (Wildman–Crippen MR) is 103 cm³/mol. The molecule has 0 bridgehead atoms. The summed E-state index contributed by atoms with van der Waals surface area (Å²) in [6.07, 6.45) is 8.35. The zero-order valence-electron chi connectivity index (χ0n) is 14.6. The average Bonchev–Trinajstić information content (AvgIpc) is 2.99. The van der Waals surface area contributed by atoms with Gasteiger partial charge in [-0.05, 0) is 85.3 Å². The summed E-state index contributed by atoms with van der Waals surface area (Å²) in [6.45, 7) is 2.29. The van der Waals surface area contributed by atoms with Gasteiger partial charge in [-0.25, -0.2) is 9.37 Å². The van der Waals surface area contributed by atoms with Crippen molar-refractivity contribution in [3.05, 3.63) is 51.8 Å². The number of fused-ring (bicyclic) bond motifs is 4. The van der Waals surface area contributed by atoms with Crippen molar-refractivity contribution in [1.29, 1.82) is 0 Å². The fourth-order valence-electron chi connectivity index (χ4n) is 4.69. The van der Waals surface area contributed by atoms with E-state index in [2.05, 4.69) is 13.0 Å². The van der Waals surface area contributed by atoms with Crippen LogP contribution in [0.4, 0.5) is 4.39 Å². The molecule has 1 aromatic carbocycles. The number of aromatic nitrogens is 1. The Bertz CT molecular complexity index is 972. The van der Waals surface area contributed by atoms with Crippen LogP contribution in [0.5, 0.6) is 0 Å². The lowest BCUT2D eigenvalue weighted by Crippen LogP contribution is -2.11. The predicted octanol–water partition coefficient (Wildman–Crippen LogP) is 6.42. The highest BCUT2D eigenvalue weighted by Gasteiger charge is 2.28. The molecule has 2 aliphatic rings. The second kappa shape index (κ2) is 5.91. The molecule has 1 atom stereocenters. The van der Waals surface area contributed by atoms with Crippen molar-refractivity contribution < 1.29 is 4.39 Å². The quantitative estimate of drug-likeness (QED) is 0.493. The molecular formula is C22H22FNS. The van der Waals surface area contributed by atoms with Crippen LogP contribution in [-0.2, 0) is 19.3 Å². The molecule has 25 heavy (non-hydrogen) atoms. The first-order valence-corrected chi connectivity index (χ1v) is 10.3. The Morgan fingerprint density at radius 2 is 1.92 bits per heavy atom. The van der Waals surface area contributed by atoms with Crippen molar-refractivity contribution in [1.82, 2.24) is 4.98 Å². The second-order valence-electron chi connectivity index (χ2n) is 7.55. The third-order valence-electron chi connectivity index (χ3n) is 5.88. The van der Waals surface area contributed by atoms with E-state index in [1.807, 2.05) is 17.4 Å². The number of hydrogen-bond acceptors (Lipinski definition) is 2. The second-order valence-corrected chi connectivity index (χ2v) is 8.63. The van der Waals surface area contributed by atoms with Crippen LogP contribution in [0.15, 0.2) is 24.3 Å². The third-order valence-corrected chi connectivity index (χ3v) is 7.07. The first-order chi connectivity index (χ1) is 12.2. The minimum Gasteiger partial charge on any atom is -0.241 e. The van der Waals surface area contributed by atoms with Gasteiger partial charge in [0.1, 0.15) is 10.6 Å². The Hall–Kier alpha value is -1.74. The molecule has 0 spiro atoms. The maximum atomic E-state index is 14.0. The molecule has 3 heteroatoms. The molecule has 0 amide bonds. The summed E-state index contributed by atoms with van der Waals surface area (Å²) in [4.78, 5) is 7.83. The van der Waals surface area contributed by atoms with Crippen molar-refractivity contribution in [2.24, 2.45) is 0 Å². The molecule has 2 heterocycles. The van der Waals surface area contributed by atoms with Gasteiger partial charge >= 0.3 is 0 Å². The van der Waals surface area contributed by atoms with E-state index < -0.39 is 0 Å². The molecular weight excluding hydrogens is 329 g/mol. The summed E-state index contributed by atoms with van der Waals surface area (Å²) >= 11 is 1.88. The standard InChI is InChI=1S/C22H22FNS/c1-13-6-4-10-17-19(14-7-5-8-15(23)12-14)20-16-9-2-3-11-18(16)25-22(20)24-21(13)17/h5,7-8,12-13H,2-4,6,9-11H2,1H3/t13-/m0/s1. The molecule has 0 saturated carbocycles. The van der Waals surface area contributed by atoms with E-state index in [1.54, 1.807) is 12.1 Å². The maximum absolute atomic E-state index is 14.0. The van der Waals surface area contributed by atoms with Gasteiger partial charge in [-0.1, -0.05) is 19.1 Å². The number of halogens is 1. The van der Waals surface area contributed by atoms with Gasteiger partial charge in [0.2, 0.25) is 0 Å².